The third-order valence-electron chi connectivity index (χ3n) is 2.37. The van der Waals surface area contributed by atoms with Gasteiger partial charge in [-0.2, -0.15) is 0 Å². The van der Waals surface area contributed by atoms with E-state index in [9.17, 15) is 0 Å². The zero-order valence-corrected chi connectivity index (χ0v) is 12.9. The van der Waals surface area contributed by atoms with Crippen LogP contribution in [0.4, 0.5) is 0 Å². The lowest BCUT2D eigenvalue weighted by Crippen LogP contribution is -2.25. The SMILES string of the molecule is CCNC(C)c1ccc(Br)cc1OC(C)(C)C. The highest BCUT2D eigenvalue weighted by Crippen LogP contribution is 2.31. The van der Waals surface area contributed by atoms with E-state index in [1.165, 1.54) is 5.56 Å². The lowest BCUT2D eigenvalue weighted by Gasteiger charge is -2.25. The smallest absolute Gasteiger partial charge is 0.125 e. The highest BCUT2D eigenvalue weighted by molar-refractivity contribution is 9.10. The van der Waals surface area contributed by atoms with Crippen LogP contribution in [-0.2, 0) is 0 Å². The van der Waals surface area contributed by atoms with Crippen LogP contribution in [-0.4, -0.2) is 12.1 Å². The Bertz CT molecular complexity index is 371. The predicted octanol–water partition coefficient (Wildman–Crippen LogP) is 4.30. The van der Waals surface area contributed by atoms with Crippen molar-refractivity contribution in [2.24, 2.45) is 0 Å². The maximum atomic E-state index is 6.01. The summed E-state index contributed by atoms with van der Waals surface area (Å²) in [6.07, 6.45) is 0. The van der Waals surface area contributed by atoms with E-state index >= 15 is 0 Å². The maximum absolute atomic E-state index is 6.01. The van der Waals surface area contributed by atoms with Crippen molar-refractivity contribution in [3.05, 3.63) is 28.2 Å². The summed E-state index contributed by atoms with van der Waals surface area (Å²) in [6.45, 7) is 11.4. The normalized spacial score (nSPS) is 13.5. The van der Waals surface area contributed by atoms with Crippen molar-refractivity contribution in [2.75, 3.05) is 6.54 Å². The van der Waals surface area contributed by atoms with Crippen LogP contribution in [0.2, 0.25) is 0 Å². The van der Waals surface area contributed by atoms with Gasteiger partial charge in [0.25, 0.3) is 0 Å². The van der Waals surface area contributed by atoms with Gasteiger partial charge in [-0.25, -0.2) is 0 Å². The van der Waals surface area contributed by atoms with Gasteiger partial charge in [0.2, 0.25) is 0 Å². The van der Waals surface area contributed by atoms with Gasteiger partial charge in [-0.3, -0.25) is 0 Å². The Morgan fingerprint density at radius 1 is 1.35 bits per heavy atom. The van der Waals surface area contributed by atoms with Crippen LogP contribution in [0.3, 0.4) is 0 Å². The molecule has 1 rings (SSSR count). The van der Waals surface area contributed by atoms with Gasteiger partial charge >= 0.3 is 0 Å². The van der Waals surface area contributed by atoms with Crippen LogP contribution < -0.4 is 10.1 Å². The summed E-state index contributed by atoms with van der Waals surface area (Å²) >= 11 is 3.49. The first kappa shape index (κ1) is 14.5. The number of benzene rings is 1. The van der Waals surface area contributed by atoms with Crippen molar-refractivity contribution in [1.29, 1.82) is 0 Å². The molecule has 0 heterocycles. The number of rotatable bonds is 4. The Morgan fingerprint density at radius 2 is 2.00 bits per heavy atom. The second-order valence-corrected chi connectivity index (χ2v) is 6.09. The highest BCUT2D eigenvalue weighted by Gasteiger charge is 2.17. The van der Waals surface area contributed by atoms with Crippen LogP contribution in [0.15, 0.2) is 22.7 Å². The van der Waals surface area contributed by atoms with Crippen molar-refractivity contribution in [3.63, 3.8) is 0 Å². The summed E-state index contributed by atoms with van der Waals surface area (Å²) in [4.78, 5) is 0. The Morgan fingerprint density at radius 3 is 2.53 bits per heavy atom. The van der Waals surface area contributed by atoms with E-state index in [4.69, 9.17) is 4.74 Å². The van der Waals surface area contributed by atoms with Gasteiger partial charge in [0.05, 0.1) is 0 Å². The Balaban J connectivity index is 3.03. The topological polar surface area (TPSA) is 21.3 Å². The van der Waals surface area contributed by atoms with Crippen molar-refractivity contribution < 1.29 is 4.74 Å². The molecule has 1 aromatic carbocycles. The molecule has 0 aliphatic rings. The predicted molar refractivity (Wildman–Crippen MR) is 76.6 cm³/mol. The summed E-state index contributed by atoms with van der Waals surface area (Å²) in [7, 11) is 0. The molecule has 1 aromatic rings. The molecule has 96 valence electrons. The Hall–Kier alpha value is -0.540. The van der Waals surface area contributed by atoms with Crippen molar-refractivity contribution in [1.82, 2.24) is 5.32 Å². The number of halogens is 1. The molecule has 2 nitrogen and oxygen atoms in total. The van der Waals surface area contributed by atoms with Gasteiger partial charge in [-0.1, -0.05) is 28.9 Å². The zero-order valence-electron chi connectivity index (χ0n) is 11.3. The summed E-state index contributed by atoms with van der Waals surface area (Å²) < 4.78 is 7.06. The van der Waals surface area contributed by atoms with Crippen LogP contribution in [0.25, 0.3) is 0 Å². The minimum absolute atomic E-state index is 0.179. The van der Waals surface area contributed by atoms with Gasteiger partial charge in [0, 0.05) is 16.1 Å². The molecule has 17 heavy (non-hydrogen) atoms. The fraction of sp³-hybridized carbons (Fsp3) is 0.571. The fourth-order valence-electron chi connectivity index (χ4n) is 1.70. The molecule has 0 aliphatic heterocycles. The average Bonchev–Trinajstić information content (AvgIpc) is 2.15. The average molecular weight is 300 g/mol. The number of ether oxygens (including phenoxy) is 1. The minimum Gasteiger partial charge on any atom is -0.488 e. The molecule has 0 saturated heterocycles. The first-order valence-corrected chi connectivity index (χ1v) is 6.84. The van der Waals surface area contributed by atoms with E-state index in [1.807, 2.05) is 6.07 Å². The van der Waals surface area contributed by atoms with Crippen LogP contribution in [0.1, 0.15) is 46.2 Å². The van der Waals surface area contributed by atoms with Crippen LogP contribution in [0.5, 0.6) is 5.75 Å². The van der Waals surface area contributed by atoms with Crippen molar-refractivity contribution >= 4 is 15.9 Å². The molecule has 0 fully saturated rings. The van der Waals surface area contributed by atoms with Crippen molar-refractivity contribution in [2.45, 2.75) is 46.3 Å². The number of hydrogen-bond acceptors (Lipinski definition) is 2. The molecule has 0 aromatic heterocycles. The standard InChI is InChI=1S/C14H22BrNO/c1-6-16-10(2)12-8-7-11(15)9-13(12)17-14(3,4)5/h7-10,16H,6H2,1-5H3. The lowest BCUT2D eigenvalue weighted by atomic mass is 10.1. The summed E-state index contributed by atoms with van der Waals surface area (Å²) in [6, 6.07) is 6.50. The van der Waals surface area contributed by atoms with Crippen molar-refractivity contribution in [3.8, 4) is 5.75 Å². The Kier molecular flexibility index (Phi) is 5.02. The quantitative estimate of drug-likeness (QED) is 0.895. The first-order valence-electron chi connectivity index (χ1n) is 6.05. The van der Waals surface area contributed by atoms with Gasteiger partial charge in [0.15, 0.2) is 0 Å². The van der Waals surface area contributed by atoms with E-state index < -0.39 is 0 Å². The van der Waals surface area contributed by atoms with Crippen LogP contribution >= 0.6 is 15.9 Å². The molecular weight excluding hydrogens is 278 g/mol. The van der Waals surface area contributed by atoms with Gasteiger partial charge in [-0.15, -0.1) is 0 Å². The highest BCUT2D eigenvalue weighted by atomic mass is 79.9. The lowest BCUT2D eigenvalue weighted by molar-refractivity contribution is 0.128. The van der Waals surface area contributed by atoms with E-state index in [-0.39, 0.29) is 5.60 Å². The third-order valence-corrected chi connectivity index (χ3v) is 2.86. The molecule has 0 spiro atoms. The second-order valence-electron chi connectivity index (χ2n) is 5.18. The molecule has 1 unspecified atom stereocenters. The van der Waals surface area contributed by atoms with E-state index in [2.05, 4.69) is 68.0 Å². The minimum atomic E-state index is -0.179. The molecular formula is C14H22BrNO. The fourth-order valence-corrected chi connectivity index (χ4v) is 2.04. The van der Waals surface area contributed by atoms with Gasteiger partial charge < -0.3 is 10.1 Å². The second kappa shape index (κ2) is 5.87. The largest absolute Gasteiger partial charge is 0.488 e. The molecule has 0 amide bonds. The maximum Gasteiger partial charge on any atom is 0.125 e. The number of hydrogen-bond donors (Lipinski definition) is 1. The molecule has 3 heteroatoms. The molecule has 0 aliphatic carbocycles. The molecule has 0 radical (unpaired) electrons. The summed E-state index contributed by atoms with van der Waals surface area (Å²) in [5, 5.41) is 3.41. The van der Waals surface area contributed by atoms with E-state index in [0.717, 1.165) is 16.8 Å². The molecule has 1 atom stereocenters. The zero-order chi connectivity index (χ0) is 13.1. The molecule has 1 N–H and O–H groups in total. The first-order chi connectivity index (χ1) is 7.83. The van der Waals surface area contributed by atoms with E-state index in [0.29, 0.717) is 6.04 Å². The van der Waals surface area contributed by atoms with Gasteiger partial charge in [-0.05, 0) is 46.4 Å². The van der Waals surface area contributed by atoms with E-state index in [1.54, 1.807) is 0 Å². The molecule has 0 bridgehead atoms. The number of nitrogens with one attached hydrogen (secondary N) is 1. The summed E-state index contributed by atoms with van der Waals surface area (Å²) in [5.74, 6) is 0.945. The summed E-state index contributed by atoms with van der Waals surface area (Å²) in [5.41, 5.74) is 1.02. The molecule has 0 saturated carbocycles. The third kappa shape index (κ3) is 4.68. The van der Waals surface area contributed by atoms with Gasteiger partial charge in [0.1, 0.15) is 11.4 Å². The monoisotopic (exact) mass is 299 g/mol. The van der Waals surface area contributed by atoms with Crippen LogP contribution in [0, 0.1) is 0 Å². The Labute approximate surface area is 113 Å².